The first kappa shape index (κ1) is 10.1. The molecule has 1 N–H and O–H groups in total. The fourth-order valence-electron chi connectivity index (χ4n) is 3.10. The lowest BCUT2D eigenvalue weighted by Gasteiger charge is -2.19. The number of hydrogen-bond acceptors (Lipinski definition) is 2. The molecule has 2 heterocycles. The number of fused-ring (bicyclic) bond motifs is 1. The fourth-order valence-corrected chi connectivity index (χ4v) is 4.85. The van der Waals surface area contributed by atoms with Crippen LogP contribution in [0.4, 0.5) is 0 Å². The Labute approximate surface area is 90.8 Å². The highest BCUT2D eigenvalue weighted by atomic mass is 35.5. The summed E-state index contributed by atoms with van der Waals surface area (Å²) in [5.74, 6) is 1.06. The fraction of sp³-hybridized carbons (Fsp3) is 1.00. The third-order valence-electron chi connectivity index (χ3n) is 4.00. The predicted octanol–water partition coefficient (Wildman–Crippen LogP) is 2.30. The standard InChI is InChI=1S/C10H17NS.ClH/c1-7-2-3-9(12-7)10-4-8(10)5-11-6-10;/h7-9,11H,2-6H2,1H3;1H. The molecule has 1 nitrogen and oxygen atoms in total. The van der Waals surface area contributed by atoms with Crippen molar-refractivity contribution in [2.75, 3.05) is 13.1 Å². The third-order valence-corrected chi connectivity index (χ3v) is 5.73. The van der Waals surface area contributed by atoms with Gasteiger partial charge in [0.15, 0.2) is 0 Å². The summed E-state index contributed by atoms with van der Waals surface area (Å²) in [6.07, 6.45) is 4.48. The molecule has 1 aliphatic carbocycles. The number of thioether (sulfide) groups is 1. The van der Waals surface area contributed by atoms with Crippen molar-refractivity contribution in [3.05, 3.63) is 0 Å². The molecule has 4 unspecified atom stereocenters. The monoisotopic (exact) mass is 219 g/mol. The molecule has 3 aliphatic rings. The molecule has 0 aromatic heterocycles. The van der Waals surface area contributed by atoms with Crippen LogP contribution in [0.5, 0.6) is 0 Å². The molecule has 0 aromatic carbocycles. The minimum atomic E-state index is 0. The zero-order chi connectivity index (χ0) is 8.18. The van der Waals surface area contributed by atoms with Crippen molar-refractivity contribution >= 4 is 24.2 Å². The zero-order valence-corrected chi connectivity index (χ0v) is 9.72. The van der Waals surface area contributed by atoms with Gasteiger partial charge in [0.1, 0.15) is 0 Å². The van der Waals surface area contributed by atoms with Crippen LogP contribution in [0.25, 0.3) is 0 Å². The van der Waals surface area contributed by atoms with Crippen molar-refractivity contribution in [1.82, 2.24) is 5.32 Å². The molecule has 0 aromatic rings. The first-order chi connectivity index (χ1) is 5.81. The first-order valence-electron chi connectivity index (χ1n) is 5.17. The van der Waals surface area contributed by atoms with Gasteiger partial charge in [0, 0.05) is 17.0 Å². The van der Waals surface area contributed by atoms with Crippen LogP contribution in [0, 0.1) is 11.3 Å². The van der Waals surface area contributed by atoms with Gasteiger partial charge in [-0.1, -0.05) is 6.92 Å². The van der Waals surface area contributed by atoms with E-state index in [0.717, 1.165) is 21.8 Å². The van der Waals surface area contributed by atoms with E-state index in [2.05, 4.69) is 24.0 Å². The molecule has 13 heavy (non-hydrogen) atoms. The zero-order valence-electron chi connectivity index (χ0n) is 8.08. The molecule has 76 valence electrons. The molecule has 2 saturated heterocycles. The second-order valence-corrected chi connectivity index (χ2v) is 6.42. The van der Waals surface area contributed by atoms with Crippen molar-refractivity contribution in [2.24, 2.45) is 11.3 Å². The minimum Gasteiger partial charge on any atom is -0.316 e. The van der Waals surface area contributed by atoms with Gasteiger partial charge < -0.3 is 5.32 Å². The van der Waals surface area contributed by atoms with Crippen molar-refractivity contribution in [2.45, 2.75) is 36.7 Å². The Morgan fingerprint density at radius 2 is 2.23 bits per heavy atom. The van der Waals surface area contributed by atoms with Gasteiger partial charge in [0.05, 0.1) is 0 Å². The first-order valence-corrected chi connectivity index (χ1v) is 6.12. The lowest BCUT2D eigenvalue weighted by molar-refractivity contribution is 0.475. The van der Waals surface area contributed by atoms with Gasteiger partial charge in [-0.05, 0) is 37.1 Å². The normalized spacial score (nSPS) is 52.8. The predicted molar refractivity (Wildman–Crippen MR) is 60.7 cm³/mol. The van der Waals surface area contributed by atoms with E-state index in [1.807, 2.05) is 0 Å². The van der Waals surface area contributed by atoms with E-state index in [4.69, 9.17) is 0 Å². The maximum atomic E-state index is 3.54. The van der Waals surface area contributed by atoms with Crippen molar-refractivity contribution < 1.29 is 0 Å². The number of hydrogen-bond donors (Lipinski definition) is 1. The van der Waals surface area contributed by atoms with Gasteiger partial charge in [0.2, 0.25) is 0 Å². The average Bonchev–Trinajstić information content (AvgIpc) is 2.50. The van der Waals surface area contributed by atoms with E-state index in [9.17, 15) is 0 Å². The molecule has 3 rings (SSSR count). The summed E-state index contributed by atoms with van der Waals surface area (Å²) in [4.78, 5) is 0. The van der Waals surface area contributed by atoms with E-state index in [1.54, 1.807) is 0 Å². The Balaban J connectivity index is 0.000000653. The van der Waals surface area contributed by atoms with E-state index in [-0.39, 0.29) is 12.4 Å². The molecule has 2 aliphatic heterocycles. The summed E-state index contributed by atoms with van der Waals surface area (Å²) in [7, 11) is 0. The average molecular weight is 220 g/mol. The lowest BCUT2D eigenvalue weighted by atomic mass is 9.97. The van der Waals surface area contributed by atoms with Gasteiger partial charge in [-0.2, -0.15) is 11.8 Å². The van der Waals surface area contributed by atoms with Gasteiger partial charge in [0.25, 0.3) is 0 Å². The van der Waals surface area contributed by atoms with Crippen molar-refractivity contribution in [3.63, 3.8) is 0 Å². The second kappa shape index (κ2) is 3.32. The van der Waals surface area contributed by atoms with Gasteiger partial charge in [-0.25, -0.2) is 0 Å². The smallest absolute Gasteiger partial charge is 0.0122 e. The Bertz CT molecular complexity index is 211. The molecule has 3 heteroatoms. The highest BCUT2D eigenvalue weighted by molar-refractivity contribution is 8.00. The summed E-state index contributed by atoms with van der Waals surface area (Å²) in [5, 5.41) is 5.48. The van der Waals surface area contributed by atoms with E-state index in [1.165, 1.54) is 32.4 Å². The lowest BCUT2D eigenvalue weighted by Crippen LogP contribution is -2.24. The van der Waals surface area contributed by atoms with E-state index >= 15 is 0 Å². The van der Waals surface area contributed by atoms with Crippen LogP contribution in [-0.2, 0) is 0 Å². The summed E-state index contributed by atoms with van der Waals surface area (Å²) in [6.45, 7) is 5.02. The summed E-state index contributed by atoms with van der Waals surface area (Å²) < 4.78 is 0. The topological polar surface area (TPSA) is 12.0 Å². The van der Waals surface area contributed by atoms with Crippen LogP contribution in [0.2, 0.25) is 0 Å². The van der Waals surface area contributed by atoms with Crippen LogP contribution in [0.1, 0.15) is 26.2 Å². The van der Waals surface area contributed by atoms with Crippen LogP contribution in [0.15, 0.2) is 0 Å². The Hall–Kier alpha value is 0.600. The molecular formula is C10H18ClNS. The van der Waals surface area contributed by atoms with Crippen molar-refractivity contribution in [1.29, 1.82) is 0 Å². The molecule has 0 spiro atoms. The van der Waals surface area contributed by atoms with Crippen LogP contribution < -0.4 is 5.32 Å². The van der Waals surface area contributed by atoms with Gasteiger partial charge in [-0.3, -0.25) is 0 Å². The Morgan fingerprint density at radius 1 is 1.38 bits per heavy atom. The molecule has 4 atom stereocenters. The number of piperidine rings is 1. The maximum absolute atomic E-state index is 3.54. The van der Waals surface area contributed by atoms with E-state index < -0.39 is 0 Å². The van der Waals surface area contributed by atoms with Crippen LogP contribution in [0.3, 0.4) is 0 Å². The molecule has 0 amide bonds. The summed E-state index contributed by atoms with van der Waals surface area (Å²) in [6, 6.07) is 0. The SMILES string of the molecule is CC1CCC(C23CNCC2C3)S1.Cl. The van der Waals surface area contributed by atoms with Crippen LogP contribution in [-0.4, -0.2) is 23.6 Å². The second-order valence-electron chi connectivity index (χ2n) is 4.78. The molecular weight excluding hydrogens is 202 g/mol. The third kappa shape index (κ3) is 1.42. The highest BCUT2D eigenvalue weighted by Crippen LogP contribution is 2.63. The minimum absolute atomic E-state index is 0. The summed E-state index contributed by atoms with van der Waals surface area (Å²) in [5.41, 5.74) is 0.773. The quantitative estimate of drug-likeness (QED) is 0.727. The number of halogens is 1. The molecule has 0 radical (unpaired) electrons. The Kier molecular flexibility index (Phi) is 2.59. The molecule has 0 bridgehead atoms. The maximum Gasteiger partial charge on any atom is 0.0122 e. The van der Waals surface area contributed by atoms with E-state index in [0.29, 0.717) is 0 Å². The van der Waals surface area contributed by atoms with Crippen LogP contribution >= 0.6 is 24.2 Å². The van der Waals surface area contributed by atoms with Gasteiger partial charge in [-0.15, -0.1) is 12.4 Å². The highest BCUT2D eigenvalue weighted by Gasteiger charge is 2.62. The number of rotatable bonds is 1. The van der Waals surface area contributed by atoms with Crippen molar-refractivity contribution in [3.8, 4) is 0 Å². The Morgan fingerprint density at radius 3 is 2.69 bits per heavy atom. The largest absolute Gasteiger partial charge is 0.316 e. The number of nitrogens with one attached hydrogen (secondary N) is 1. The summed E-state index contributed by atoms with van der Waals surface area (Å²) >= 11 is 2.26. The molecule has 1 saturated carbocycles. The van der Waals surface area contributed by atoms with Gasteiger partial charge >= 0.3 is 0 Å². The molecule has 3 fully saturated rings.